The Balaban J connectivity index is 2.05. The molecule has 0 aliphatic rings. The van der Waals surface area contributed by atoms with Crippen molar-refractivity contribution >= 4 is 22.9 Å². The zero-order chi connectivity index (χ0) is 12.1. The van der Waals surface area contributed by atoms with Gasteiger partial charge in [-0.25, -0.2) is 4.98 Å². The van der Waals surface area contributed by atoms with Crippen molar-refractivity contribution in [2.75, 3.05) is 6.54 Å². The van der Waals surface area contributed by atoms with Gasteiger partial charge in [-0.3, -0.25) is 5.10 Å². The summed E-state index contributed by atoms with van der Waals surface area (Å²) in [5.74, 6) is 0.878. The second-order valence-corrected chi connectivity index (χ2v) is 5.59. The second-order valence-electron chi connectivity index (χ2n) is 3.79. The molecule has 0 fully saturated rings. The molecule has 0 aliphatic heterocycles. The van der Waals surface area contributed by atoms with Crippen molar-refractivity contribution in [1.82, 2.24) is 20.5 Å². The van der Waals surface area contributed by atoms with Crippen molar-refractivity contribution in [3.63, 3.8) is 0 Å². The molecule has 4 nitrogen and oxygen atoms in total. The molecular weight excluding hydrogens is 256 g/mol. The number of aromatic nitrogens is 3. The summed E-state index contributed by atoms with van der Waals surface area (Å²) in [7, 11) is 0. The topological polar surface area (TPSA) is 53.6 Å². The Morgan fingerprint density at radius 3 is 3.00 bits per heavy atom. The van der Waals surface area contributed by atoms with Crippen molar-refractivity contribution in [3.05, 3.63) is 33.5 Å². The third-order valence-corrected chi connectivity index (χ3v) is 3.69. The molecule has 0 bridgehead atoms. The first-order chi connectivity index (χ1) is 8.29. The zero-order valence-corrected chi connectivity index (χ0v) is 11.2. The maximum Gasteiger partial charge on any atom is 0.141 e. The van der Waals surface area contributed by atoms with Gasteiger partial charge in [-0.1, -0.05) is 18.5 Å². The molecule has 17 heavy (non-hydrogen) atoms. The van der Waals surface area contributed by atoms with E-state index in [1.54, 1.807) is 11.3 Å². The van der Waals surface area contributed by atoms with Crippen LogP contribution in [0.25, 0.3) is 0 Å². The van der Waals surface area contributed by atoms with Crippen LogP contribution in [0.5, 0.6) is 0 Å². The summed E-state index contributed by atoms with van der Waals surface area (Å²) < 4.78 is 0.826. The van der Waals surface area contributed by atoms with Gasteiger partial charge in [0.15, 0.2) is 0 Å². The molecule has 1 atom stereocenters. The fraction of sp³-hybridized carbons (Fsp3) is 0.455. The molecule has 2 aromatic rings. The van der Waals surface area contributed by atoms with E-state index >= 15 is 0 Å². The monoisotopic (exact) mass is 270 g/mol. The van der Waals surface area contributed by atoms with Crippen molar-refractivity contribution in [2.45, 2.75) is 25.8 Å². The Morgan fingerprint density at radius 2 is 2.41 bits per heavy atom. The molecular formula is C11H15ClN4S. The summed E-state index contributed by atoms with van der Waals surface area (Å²) in [4.78, 5) is 5.46. The fourth-order valence-corrected chi connectivity index (χ4v) is 2.76. The van der Waals surface area contributed by atoms with E-state index in [-0.39, 0.29) is 6.04 Å². The molecule has 0 radical (unpaired) electrons. The molecule has 0 saturated heterocycles. The number of halogens is 1. The van der Waals surface area contributed by atoms with E-state index in [9.17, 15) is 0 Å². The van der Waals surface area contributed by atoms with Crippen LogP contribution in [0.3, 0.4) is 0 Å². The average Bonchev–Trinajstić information content (AvgIpc) is 2.95. The first-order valence-corrected chi connectivity index (χ1v) is 6.82. The van der Waals surface area contributed by atoms with Crippen molar-refractivity contribution in [3.8, 4) is 0 Å². The predicted octanol–water partition coefficient (Wildman–Crippen LogP) is 2.80. The van der Waals surface area contributed by atoms with Gasteiger partial charge in [0.25, 0.3) is 0 Å². The van der Waals surface area contributed by atoms with Gasteiger partial charge in [0.2, 0.25) is 0 Å². The molecule has 2 rings (SSSR count). The van der Waals surface area contributed by atoms with Gasteiger partial charge in [-0.05, 0) is 25.1 Å². The number of H-pyrrole nitrogens is 1. The van der Waals surface area contributed by atoms with Gasteiger partial charge in [-0.2, -0.15) is 5.10 Å². The summed E-state index contributed by atoms with van der Waals surface area (Å²) in [5.41, 5.74) is 0. The maximum absolute atomic E-state index is 5.94. The third kappa shape index (κ3) is 3.52. The highest BCUT2D eigenvalue weighted by Gasteiger charge is 2.15. The Hall–Kier alpha value is -0.910. The molecule has 92 valence electrons. The minimum Gasteiger partial charge on any atom is -0.307 e. The second kappa shape index (κ2) is 6.14. The fourth-order valence-electron chi connectivity index (χ4n) is 1.63. The summed E-state index contributed by atoms with van der Waals surface area (Å²) >= 11 is 7.55. The molecule has 2 N–H and O–H groups in total. The van der Waals surface area contributed by atoms with Crippen LogP contribution in [0.1, 0.15) is 30.1 Å². The molecule has 0 aromatic carbocycles. The van der Waals surface area contributed by atoms with Gasteiger partial charge in [0.1, 0.15) is 12.2 Å². The summed E-state index contributed by atoms with van der Waals surface area (Å²) in [6.45, 7) is 3.11. The van der Waals surface area contributed by atoms with Crippen LogP contribution in [0, 0.1) is 0 Å². The molecule has 0 amide bonds. The minimum absolute atomic E-state index is 0.173. The first kappa shape index (κ1) is 12.5. The number of hydrogen-bond acceptors (Lipinski definition) is 4. The highest BCUT2D eigenvalue weighted by molar-refractivity contribution is 7.16. The van der Waals surface area contributed by atoms with E-state index in [0.29, 0.717) is 0 Å². The SMILES string of the molecule is CCCNC(Cc1ccc(Cl)s1)c1ncn[nH]1. The van der Waals surface area contributed by atoms with Gasteiger partial charge in [0.05, 0.1) is 10.4 Å². The lowest BCUT2D eigenvalue weighted by Gasteiger charge is -2.14. The number of nitrogens with one attached hydrogen (secondary N) is 2. The van der Waals surface area contributed by atoms with E-state index in [4.69, 9.17) is 11.6 Å². The van der Waals surface area contributed by atoms with Crippen LogP contribution in [0.2, 0.25) is 4.34 Å². The summed E-state index contributed by atoms with van der Waals surface area (Å²) in [6.07, 6.45) is 3.51. The number of aromatic amines is 1. The number of hydrogen-bond donors (Lipinski definition) is 2. The van der Waals surface area contributed by atoms with E-state index in [1.165, 1.54) is 11.2 Å². The Morgan fingerprint density at radius 1 is 1.53 bits per heavy atom. The van der Waals surface area contributed by atoms with Crippen LogP contribution in [0.4, 0.5) is 0 Å². The summed E-state index contributed by atoms with van der Waals surface area (Å²) in [5, 5.41) is 10.3. The van der Waals surface area contributed by atoms with Crippen LogP contribution in [0.15, 0.2) is 18.5 Å². The zero-order valence-electron chi connectivity index (χ0n) is 9.61. The predicted molar refractivity (Wildman–Crippen MR) is 70.5 cm³/mol. The Kier molecular flexibility index (Phi) is 4.53. The molecule has 6 heteroatoms. The van der Waals surface area contributed by atoms with Crippen molar-refractivity contribution < 1.29 is 0 Å². The third-order valence-electron chi connectivity index (χ3n) is 2.44. The van der Waals surface area contributed by atoms with E-state index in [2.05, 4.69) is 33.5 Å². The quantitative estimate of drug-likeness (QED) is 0.849. The van der Waals surface area contributed by atoms with Crippen molar-refractivity contribution in [2.24, 2.45) is 0 Å². The lowest BCUT2D eigenvalue weighted by Crippen LogP contribution is -2.24. The Bertz CT molecular complexity index is 440. The maximum atomic E-state index is 5.94. The molecule has 0 spiro atoms. The van der Waals surface area contributed by atoms with Gasteiger partial charge in [0, 0.05) is 11.3 Å². The highest BCUT2D eigenvalue weighted by atomic mass is 35.5. The smallest absolute Gasteiger partial charge is 0.141 e. The van der Waals surface area contributed by atoms with Crippen LogP contribution >= 0.6 is 22.9 Å². The molecule has 0 saturated carbocycles. The van der Waals surface area contributed by atoms with Crippen LogP contribution in [-0.4, -0.2) is 21.7 Å². The number of thiophene rings is 1. The van der Waals surface area contributed by atoms with Crippen LogP contribution < -0.4 is 5.32 Å². The normalized spacial score (nSPS) is 12.8. The van der Waals surface area contributed by atoms with E-state index in [0.717, 1.165) is 29.5 Å². The largest absolute Gasteiger partial charge is 0.307 e. The van der Waals surface area contributed by atoms with Crippen LogP contribution in [-0.2, 0) is 6.42 Å². The number of rotatable bonds is 6. The summed E-state index contributed by atoms with van der Waals surface area (Å²) in [6, 6.07) is 4.16. The van der Waals surface area contributed by atoms with Gasteiger partial charge >= 0.3 is 0 Å². The molecule has 1 unspecified atom stereocenters. The highest BCUT2D eigenvalue weighted by Crippen LogP contribution is 2.25. The number of nitrogens with zero attached hydrogens (tertiary/aromatic N) is 2. The lowest BCUT2D eigenvalue weighted by molar-refractivity contribution is 0.509. The van der Waals surface area contributed by atoms with Crippen molar-refractivity contribution in [1.29, 1.82) is 0 Å². The first-order valence-electron chi connectivity index (χ1n) is 5.62. The molecule has 2 aromatic heterocycles. The lowest BCUT2D eigenvalue weighted by atomic mass is 10.1. The van der Waals surface area contributed by atoms with E-state index in [1.807, 2.05) is 6.07 Å². The average molecular weight is 271 g/mol. The van der Waals surface area contributed by atoms with Gasteiger partial charge in [-0.15, -0.1) is 11.3 Å². The van der Waals surface area contributed by atoms with E-state index < -0.39 is 0 Å². The minimum atomic E-state index is 0.173. The standard InChI is InChI=1S/C11H15ClN4S/c1-2-5-13-9(11-14-7-15-16-11)6-8-3-4-10(12)17-8/h3-4,7,9,13H,2,5-6H2,1H3,(H,14,15,16). The Labute approximate surface area is 109 Å². The molecule has 2 heterocycles. The molecule has 0 aliphatic carbocycles. The van der Waals surface area contributed by atoms with Gasteiger partial charge < -0.3 is 5.32 Å².